The Hall–Kier alpha value is -2.94. The Kier molecular flexibility index (Phi) is 5.48. The Labute approximate surface area is 138 Å². The van der Waals surface area contributed by atoms with E-state index < -0.39 is 42.1 Å². The summed E-state index contributed by atoms with van der Waals surface area (Å²) in [6.07, 6.45) is 1.12. The number of carbonyl (C=O) groups is 2. The first-order chi connectivity index (χ1) is 11.3. The summed E-state index contributed by atoms with van der Waals surface area (Å²) in [6, 6.07) is 4.72. The topological polar surface area (TPSA) is 110 Å². The molecule has 8 nitrogen and oxygen atoms in total. The average molecular weight is 356 g/mol. The lowest BCUT2D eigenvalue weighted by molar-refractivity contribution is -0.148. The number of anilines is 1. The summed E-state index contributed by atoms with van der Waals surface area (Å²) in [6.45, 7) is -1.16. The van der Waals surface area contributed by atoms with Crippen LogP contribution in [0.5, 0.6) is 0 Å². The maximum atomic E-state index is 13.5. The smallest absolute Gasteiger partial charge is 0.328 e. The van der Waals surface area contributed by atoms with E-state index in [-0.39, 0.29) is 10.7 Å². The maximum absolute atomic E-state index is 13.5. The van der Waals surface area contributed by atoms with Crippen LogP contribution >= 0.6 is 11.6 Å². The third kappa shape index (κ3) is 4.78. The van der Waals surface area contributed by atoms with Crippen molar-refractivity contribution in [3.63, 3.8) is 0 Å². The molecule has 0 spiro atoms. The average Bonchev–Trinajstić information content (AvgIpc) is 2.51. The summed E-state index contributed by atoms with van der Waals surface area (Å²) in [4.78, 5) is 47.4. The SMILES string of the molecule is O=C(COC(=O)Cn1ccc(=O)[nH]c1=O)Nc1ccc(Cl)cc1F. The number of esters is 1. The minimum Gasteiger partial charge on any atom is -0.454 e. The largest absolute Gasteiger partial charge is 0.454 e. The van der Waals surface area contributed by atoms with Gasteiger partial charge in [-0.15, -0.1) is 0 Å². The zero-order chi connectivity index (χ0) is 17.7. The lowest BCUT2D eigenvalue weighted by Gasteiger charge is -2.08. The second kappa shape index (κ2) is 7.55. The van der Waals surface area contributed by atoms with Crippen molar-refractivity contribution < 1.29 is 18.7 Å². The van der Waals surface area contributed by atoms with Crippen LogP contribution in [0.1, 0.15) is 0 Å². The van der Waals surface area contributed by atoms with Gasteiger partial charge in [0.25, 0.3) is 11.5 Å². The molecule has 1 amide bonds. The van der Waals surface area contributed by atoms with Crippen LogP contribution in [0.3, 0.4) is 0 Å². The number of aromatic nitrogens is 2. The van der Waals surface area contributed by atoms with Gasteiger partial charge in [0.15, 0.2) is 6.61 Å². The first-order valence-corrected chi connectivity index (χ1v) is 6.93. The molecule has 1 heterocycles. The van der Waals surface area contributed by atoms with E-state index >= 15 is 0 Å². The molecule has 0 aliphatic rings. The van der Waals surface area contributed by atoms with E-state index in [1.165, 1.54) is 12.1 Å². The molecule has 0 radical (unpaired) electrons. The van der Waals surface area contributed by atoms with Gasteiger partial charge in [0.05, 0.1) is 5.69 Å². The van der Waals surface area contributed by atoms with Gasteiger partial charge in [-0.2, -0.15) is 0 Å². The number of amides is 1. The van der Waals surface area contributed by atoms with Gasteiger partial charge in [-0.05, 0) is 18.2 Å². The zero-order valence-electron chi connectivity index (χ0n) is 12.0. The van der Waals surface area contributed by atoms with E-state index in [1.807, 2.05) is 4.98 Å². The molecule has 2 aromatic rings. The van der Waals surface area contributed by atoms with Crippen molar-refractivity contribution in [3.05, 3.63) is 62.1 Å². The van der Waals surface area contributed by atoms with Gasteiger partial charge >= 0.3 is 11.7 Å². The van der Waals surface area contributed by atoms with Crippen molar-refractivity contribution >= 4 is 29.2 Å². The highest BCUT2D eigenvalue weighted by Gasteiger charge is 2.11. The fourth-order valence-electron chi connectivity index (χ4n) is 1.68. The van der Waals surface area contributed by atoms with Crippen LogP contribution in [0, 0.1) is 5.82 Å². The summed E-state index contributed by atoms with van der Waals surface area (Å²) in [5, 5.41) is 2.38. The van der Waals surface area contributed by atoms with Gasteiger partial charge < -0.3 is 10.1 Å². The number of carbonyl (C=O) groups excluding carboxylic acids is 2. The number of H-pyrrole nitrogens is 1. The van der Waals surface area contributed by atoms with Gasteiger partial charge in [-0.1, -0.05) is 11.6 Å². The summed E-state index contributed by atoms with van der Waals surface area (Å²) in [5.74, 6) is -2.38. The van der Waals surface area contributed by atoms with Crippen molar-refractivity contribution in [2.45, 2.75) is 6.54 Å². The van der Waals surface area contributed by atoms with Crippen molar-refractivity contribution in [2.24, 2.45) is 0 Å². The highest BCUT2D eigenvalue weighted by atomic mass is 35.5. The van der Waals surface area contributed by atoms with E-state index in [9.17, 15) is 23.6 Å². The van der Waals surface area contributed by atoms with Crippen LogP contribution in [0.25, 0.3) is 0 Å². The zero-order valence-corrected chi connectivity index (χ0v) is 12.8. The Morgan fingerprint density at radius 2 is 2.04 bits per heavy atom. The summed E-state index contributed by atoms with van der Waals surface area (Å²) >= 11 is 5.58. The molecule has 0 aliphatic heterocycles. The maximum Gasteiger partial charge on any atom is 0.328 e. The molecule has 126 valence electrons. The third-order valence-corrected chi connectivity index (χ3v) is 3.00. The summed E-state index contributed by atoms with van der Waals surface area (Å²) in [5.41, 5.74) is -1.50. The number of rotatable bonds is 5. The number of ether oxygens (including phenoxy) is 1. The number of halogens is 2. The van der Waals surface area contributed by atoms with Crippen LogP contribution in [-0.4, -0.2) is 28.0 Å². The van der Waals surface area contributed by atoms with Gasteiger partial charge in [0, 0.05) is 17.3 Å². The van der Waals surface area contributed by atoms with E-state index in [4.69, 9.17) is 11.6 Å². The van der Waals surface area contributed by atoms with E-state index in [1.54, 1.807) is 0 Å². The number of aromatic amines is 1. The fourth-order valence-corrected chi connectivity index (χ4v) is 1.84. The normalized spacial score (nSPS) is 10.2. The molecule has 1 aromatic carbocycles. The summed E-state index contributed by atoms with van der Waals surface area (Å²) in [7, 11) is 0. The molecule has 0 saturated carbocycles. The minimum absolute atomic E-state index is 0.114. The molecule has 0 fully saturated rings. The molecule has 1 aromatic heterocycles. The molecular formula is C14H11ClFN3O5. The molecule has 0 atom stereocenters. The Morgan fingerprint density at radius 3 is 2.71 bits per heavy atom. The lowest BCUT2D eigenvalue weighted by atomic mass is 10.3. The van der Waals surface area contributed by atoms with Gasteiger partial charge in [-0.3, -0.25) is 23.9 Å². The Balaban J connectivity index is 1.88. The molecule has 0 saturated heterocycles. The van der Waals surface area contributed by atoms with Gasteiger partial charge in [0.1, 0.15) is 12.4 Å². The Morgan fingerprint density at radius 1 is 1.29 bits per heavy atom. The van der Waals surface area contributed by atoms with Crippen LogP contribution in [0.4, 0.5) is 10.1 Å². The molecule has 0 bridgehead atoms. The number of nitrogens with one attached hydrogen (secondary N) is 2. The van der Waals surface area contributed by atoms with Crippen LogP contribution in [-0.2, 0) is 20.9 Å². The molecule has 2 rings (SSSR count). The van der Waals surface area contributed by atoms with Crippen molar-refractivity contribution in [1.82, 2.24) is 9.55 Å². The second-order valence-corrected chi connectivity index (χ2v) is 5.01. The first kappa shape index (κ1) is 17.4. The number of hydrogen-bond donors (Lipinski definition) is 2. The molecule has 10 heteroatoms. The van der Waals surface area contributed by atoms with Crippen LogP contribution in [0.2, 0.25) is 5.02 Å². The van der Waals surface area contributed by atoms with Crippen LogP contribution < -0.4 is 16.6 Å². The lowest BCUT2D eigenvalue weighted by Crippen LogP contribution is -2.32. The highest BCUT2D eigenvalue weighted by molar-refractivity contribution is 6.30. The standard InChI is InChI=1S/C14H11ClFN3O5/c15-8-1-2-10(9(16)5-8)17-12(21)7-24-13(22)6-19-4-3-11(20)18-14(19)23/h1-5H,6-7H2,(H,17,21)(H,18,20,23). The van der Waals surface area contributed by atoms with Gasteiger partial charge in [0.2, 0.25) is 0 Å². The van der Waals surface area contributed by atoms with Crippen molar-refractivity contribution in [3.8, 4) is 0 Å². The van der Waals surface area contributed by atoms with Gasteiger partial charge in [-0.25, -0.2) is 9.18 Å². The quantitative estimate of drug-likeness (QED) is 0.759. The van der Waals surface area contributed by atoms with E-state index in [0.717, 1.165) is 22.9 Å². The summed E-state index contributed by atoms with van der Waals surface area (Å²) < 4.78 is 19.1. The third-order valence-electron chi connectivity index (χ3n) is 2.77. The molecule has 0 unspecified atom stereocenters. The fraction of sp³-hybridized carbons (Fsp3) is 0.143. The van der Waals surface area contributed by atoms with Crippen LogP contribution in [0.15, 0.2) is 40.1 Å². The van der Waals surface area contributed by atoms with E-state index in [0.29, 0.717) is 0 Å². The number of hydrogen-bond acceptors (Lipinski definition) is 5. The highest BCUT2D eigenvalue weighted by Crippen LogP contribution is 2.18. The molecule has 0 aliphatic carbocycles. The van der Waals surface area contributed by atoms with Crippen molar-refractivity contribution in [2.75, 3.05) is 11.9 Å². The minimum atomic E-state index is -0.879. The molecule has 2 N–H and O–H groups in total. The molecular weight excluding hydrogens is 345 g/mol. The predicted octanol–water partition coefficient (Wildman–Crippen LogP) is 0.511. The molecule has 24 heavy (non-hydrogen) atoms. The first-order valence-electron chi connectivity index (χ1n) is 6.55. The van der Waals surface area contributed by atoms with E-state index in [2.05, 4.69) is 10.1 Å². The number of nitrogens with zero attached hydrogens (tertiary/aromatic N) is 1. The second-order valence-electron chi connectivity index (χ2n) is 4.57. The van der Waals surface area contributed by atoms with Crippen molar-refractivity contribution in [1.29, 1.82) is 0 Å². The predicted molar refractivity (Wildman–Crippen MR) is 82.3 cm³/mol. The monoisotopic (exact) mass is 355 g/mol. The number of benzene rings is 1. The Bertz CT molecular complexity index is 892.